The Bertz CT molecular complexity index is 816. The van der Waals surface area contributed by atoms with E-state index in [1.165, 1.54) is 6.08 Å². The van der Waals surface area contributed by atoms with E-state index in [1.807, 2.05) is 43.3 Å². The number of benzene rings is 2. The van der Waals surface area contributed by atoms with Crippen LogP contribution in [0, 0.1) is 0 Å². The molecular formula is C20H21NO5. The molecule has 0 saturated carbocycles. The summed E-state index contributed by atoms with van der Waals surface area (Å²) in [5.74, 6) is 2.56. The number of hydrogen-bond acceptors (Lipinski definition) is 5. The van der Waals surface area contributed by atoms with Crippen molar-refractivity contribution in [1.29, 1.82) is 0 Å². The van der Waals surface area contributed by atoms with Crippen LogP contribution in [0.3, 0.4) is 0 Å². The van der Waals surface area contributed by atoms with Crippen LogP contribution in [0.25, 0.3) is 6.08 Å². The second-order valence-electron chi connectivity index (χ2n) is 5.58. The van der Waals surface area contributed by atoms with E-state index >= 15 is 0 Å². The summed E-state index contributed by atoms with van der Waals surface area (Å²) < 4.78 is 21.4. The van der Waals surface area contributed by atoms with Crippen LogP contribution < -0.4 is 24.3 Å². The predicted molar refractivity (Wildman–Crippen MR) is 97.6 cm³/mol. The van der Waals surface area contributed by atoms with Crippen LogP contribution in [0.1, 0.15) is 18.1 Å². The molecule has 0 fully saturated rings. The third-order valence-corrected chi connectivity index (χ3v) is 3.82. The zero-order valence-corrected chi connectivity index (χ0v) is 14.8. The van der Waals surface area contributed by atoms with Crippen molar-refractivity contribution in [1.82, 2.24) is 5.32 Å². The predicted octanol–water partition coefficient (Wildman–Crippen LogP) is 3.15. The molecule has 0 aromatic heterocycles. The van der Waals surface area contributed by atoms with Gasteiger partial charge in [-0.2, -0.15) is 0 Å². The molecule has 1 N–H and O–H groups in total. The Kier molecular flexibility index (Phi) is 5.63. The molecule has 0 radical (unpaired) electrons. The fourth-order valence-corrected chi connectivity index (χ4v) is 2.54. The molecule has 1 heterocycles. The van der Waals surface area contributed by atoms with Gasteiger partial charge in [0.2, 0.25) is 12.7 Å². The largest absolute Gasteiger partial charge is 0.493 e. The van der Waals surface area contributed by atoms with E-state index in [9.17, 15) is 4.79 Å². The fourth-order valence-electron chi connectivity index (χ4n) is 2.54. The number of amides is 1. The molecular weight excluding hydrogens is 334 g/mol. The SMILES string of the molecule is CCOc1cc(/C=C/C(=O)NCc2ccc3c(c2)OCO3)ccc1OC. The molecule has 136 valence electrons. The summed E-state index contributed by atoms with van der Waals surface area (Å²) in [6.07, 6.45) is 3.22. The third-order valence-electron chi connectivity index (χ3n) is 3.82. The Morgan fingerprint density at radius 1 is 1.15 bits per heavy atom. The van der Waals surface area contributed by atoms with E-state index in [2.05, 4.69) is 5.32 Å². The van der Waals surface area contributed by atoms with Gasteiger partial charge < -0.3 is 24.3 Å². The lowest BCUT2D eigenvalue weighted by molar-refractivity contribution is -0.116. The van der Waals surface area contributed by atoms with Crippen LogP contribution in [-0.2, 0) is 11.3 Å². The Balaban J connectivity index is 1.58. The number of methoxy groups -OCH3 is 1. The minimum absolute atomic E-state index is 0.184. The summed E-state index contributed by atoms with van der Waals surface area (Å²) in [5, 5.41) is 2.84. The molecule has 1 amide bonds. The van der Waals surface area contributed by atoms with Crippen LogP contribution in [0.5, 0.6) is 23.0 Å². The Morgan fingerprint density at radius 2 is 2.00 bits per heavy atom. The first kappa shape index (κ1) is 17.7. The molecule has 0 spiro atoms. The number of nitrogens with one attached hydrogen (secondary N) is 1. The number of fused-ring (bicyclic) bond motifs is 1. The highest BCUT2D eigenvalue weighted by Gasteiger charge is 2.13. The highest BCUT2D eigenvalue weighted by Crippen LogP contribution is 2.32. The summed E-state index contributed by atoms with van der Waals surface area (Å²) in [6, 6.07) is 11.1. The van der Waals surface area contributed by atoms with Crippen molar-refractivity contribution in [3.05, 3.63) is 53.6 Å². The number of hydrogen-bond donors (Lipinski definition) is 1. The van der Waals surface area contributed by atoms with Gasteiger partial charge in [-0.3, -0.25) is 4.79 Å². The molecule has 6 heteroatoms. The van der Waals surface area contributed by atoms with E-state index in [-0.39, 0.29) is 12.7 Å². The van der Waals surface area contributed by atoms with Gasteiger partial charge in [-0.05, 0) is 48.4 Å². The van der Waals surface area contributed by atoms with Gasteiger partial charge in [-0.1, -0.05) is 12.1 Å². The van der Waals surface area contributed by atoms with Crippen molar-refractivity contribution in [2.75, 3.05) is 20.5 Å². The smallest absolute Gasteiger partial charge is 0.244 e. The average molecular weight is 355 g/mol. The Hall–Kier alpha value is -3.15. The van der Waals surface area contributed by atoms with Crippen molar-refractivity contribution < 1.29 is 23.7 Å². The first-order valence-corrected chi connectivity index (χ1v) is 8.35. The van der Waals surface area contributed by atoms with Gasteiger partial charge in [0.05, 0.1) is 13.7 Å². The summed E-state index contributed by atoms with van der Waals surface area (Å²) in [7, 11) is 1.59. The van der Waals surface area contributed by atoms with Crippen LogP contribution >= 0.6 is 0 Å². The zero-order chi connectivity index (χ0) is 18.4. The van der Waals surface area contributed by atoms with Crippen LogP contribution in [0.2, 0.25) is 0 Å². The highest BCUT2D eigenvalue weighted by atomic mass is 16.7. The van der Waals surface area contributed by atoms with Crippen LogP contribution in [-0.4, -0.2) is 26.4 Å². The molecule has 0 aliphatic carbocycles. The molecule has 0 atom stereocenters. The third kappa shape index (κ3) is 4.27. The molecule has 0 saturated heterocycles. The monoisotopic (exact) mass is 355 g/mol. The number of carbonyl (C=O) groups is 1. The van der Waals surface area contributed by atoms with Crippen molar-refractivity contribution in [2.45, 2.75) is 13.5 Å². The number of carbonyl (C=O) groups excluding carboxylic acids is 1. The lowest BCUT2D eigenvalue weighted by atomic mass is 10.2. The van der Waals surface area contributed by atoms with Crippen molar-refractivity contribution >= 4 is 12.0 Å². The minimum atomic E-state index is -0.184. The fraction of sp³-hybridized carbons (Fsp3) is 0.250. The second-order valence-corrected chi connectivity index (χ2v) is 5.58. The van der Waals surface area contributed by atoms with Crippen LogP contribution in [0.4, 0.5) is 0 Å². The maximum absolute atomic E-state index is 12.0. The normalized spacial score (nSPS) is 12.2. The molecule has 2 aromatic rings. The maximum Gasteiger partial charge on any atom is 0.244 e. The standard InChI is InChI=1S/C20H21NO5/c1-3-24-18-10-14(4-7-16(18)23-2)6-9-20(22)21-12-15-5-8-17-19(11-15)26-13-25-17/h4-11H,3,12-13H2,1-2H3,(H,21,22)/b9-6+. The van der Waals surface area contributed by atoms with E-state index in [4.69, 9.17) is 18.9 Å². The van der Waals surface area contributed by atoms with E-state index in [0.717, 1.165) is 16.9 Å². The van der Waals surface area contributed by atoms with Gasteiger partial charge in [-0.15, -0.1) is 0 Å². The number of rotatable bonds is 7. The van der Waals surface area contributed by atoms with Gasteiger partial charge in [0.15, 0.2) is 23.0 Å². The molecule has 26 heavy (non-hydrogen) atoms. The molecule has 2 aromatic carbocycles. The second kappa shape index (κ2) is 8.29. The summed E-state index contributed by atoms with van der Waals surface area (Å²) in [6.45, 7) is 3.09. The van der Waals surface area contributed by atoms with Gasteiger partial charge in [0.25, 0.3) is 0 Å². The van der Waals surface area contributed by atoms with Crippen LogP contribution in [0.15, 0.2) is 42.5 Å². The highest BCUT2D eigenvalue weighted by molar-refractivity contribution is 5.91. The summed E-state index contributed by atoms with van der Waals surface area (Å²) >= 11 is 0. The zero-order valence-electron chi connectivity index (χ0n) is 14.8. The average Bonchev–Trinajstić information content (AvgIpc) is 3.13. The first-order chi connectivity index (χ1) is 12.7. The van der Waals surface area contributed by atoms with E-state index in [1.54, 1.807) is 13.2 Å². The van der Waals surface area contributed by atoms with E-state index < -0.39 is 0 Å². The first-order valence-electron chi connectivity index (χ1n) is 8.35. The molecule has 0 unspecified atom stereocenters. The summed E-state index contributed by atoms with van der Waals surface area (Å²) in [5.41, 5.74) is 1.80. The molecule has 6 nitrogen and oxygen atoms in total. The van der Waals surface area contributed by atoms with Crippen molar-refractivity contribution in [3.8, 4) is 23.0 Å². The lowest BCUT2D eigenvalue weighted by Crippen LogP contribution is -2.20. The minimum Gasteiger partial charge on any atom is -0.493 e. The quantitative estimate of drug-likeness (QED) is 0.773. The van der Waals surface area contributed by atoms with Gasteiger partial charge >= 0.3 is 0 Å². The van der Waals surface area contributed by atoms with Gasteiger partial charge in [0, 0.05) is 12.6 Å². The summed E-state index contributed by atoms with van der Waals surface area (Å²) in [4.78, 5) is 12.0. The lowest BCUT2D eigenvalue weighted by Gasteiger charge is -2.09. The van der Waals surface area contributed by atoms with Crippen molar-refractivity contribution in [3.63, 3.8) is 0 Å². The maximum atomic E-state index is 12.0. The molecule has 1 aliphatic heterocycles. The Morgan fingerprint density at radius 3 is 2.81 bits per heavy atom. The molecule has 1 aliphatic rings. The topological polar surface area (TPSA) is 66.0 Å². The molecule has 3 rings (SSSR count). The van der Waals surface area contributed by atoms with Gasteiger partial charge in [-0.25, -0.2) is 0 Å². The van der Waals surface area contributed by atoms with Crippen molar-refractivity contribution in [2.24, 2.45) is 0 Å². The Labute approximate surface area is 152 Å². The van der Waals surface area contributed by atoms with E-state index in [0.29, 0.717) is 30.4 Å². The number of ether oxygens (including phenoxy) is 4. The molecule has 0 bridgehead atoms. The van der Waals surface area contributed by atoms with Gasteiger partial charge in [0.1, 0.15) is 0 Å².